The molecule has 0 radical (unpaired) electrons. The number of hydrogen-bond donors (Lipinski definition) is 2. The second-order valence-electron chi connectivity index (χ2n) is 8.75. The molecule has 2 N–H and O–H groups in total. The van der Waals surface area contributed by atoms with E-state index in [0.717, 1.165) is 35.4 Å². The number of aromatic nitrogens is 1. The summed E-state index contributed by atoms with van der Waals surface area (Å²) in [4.78, 5) is 41.4. The molecule has 14 heteroatoms. The highest BCUT2D eigenvalue weighted by molar-refractivity contribution is 7.92. The van der Waals surface area contributed by atoms with E-state index in [4.69, 9.17) is 4.74 Å². The number of rotatable bonds is 8. The molecule has 1 aliphatic carbocycles. The molecular weight excluding hydrogens is 517 g/mol. The average molecular weight is 541 g/mol. The molecule has 1 aromatic carbocycles. The number of halogens is 3. The number of benzene rings is 1. The van der Waals surface area contributed by atoms with Crippen LogP contribution in [0.25, 0.3) is 0 Å². The van der Waals surface area contributed by atoms with Gasteiger partial charge in [-0.2, -0.15) is 13.2 Å². The van der Waals surface area contributed by atoms with Crippen molar-refractivity contribution in [3.63, 3.8) is 0 Å². The van der Waals surface area contributed by atoms with E-state index in [1.807, 2.05) is 6.92 Å². The van der Waals surface area contributed by atoms with E-state index in [-0.39, 0.29) is 24.0 Å². The summed E-state index contributed by atoms with van der Waals surface area (Å²) in [5.74, 6) is -0.586. The Bertz CT molecular complexity index is 1330. The highest BCUT2D eigenvalue weighted by Crippen LogP contribution is 2.50. The van der Waals surface area contributed by atoms with Crippen LogP contribution in [-0.4, -0.2) is 49.1 Å². The number of pyridine rings is 1. The second-order valence-corrected chi connectivity index (χ2v) is 10.7. The first-order valence-corrected chi connectivity index (χ1v) is 12.8. The predicted molar refractivity (Wildman–Crippen MR) is 124 cm³/mol. The molecule has 2 fully saturated rings. The summed E-state index contributed by atoms with van der Waals surface area (Å²) < 4.78 is 66.5. The molecule has 1 aromatic heterocycles. The third-order valence-corrected chi connectivity index (χ3v) is 7.70. The number of imide groups is 1. The molecule has 198 valence electrons. The highest BCUT2D eigenvalue weighted by atomic mass is 32.2. The van der Waals surface area contributed by atoms with Gasteiger partial charge in [-0.25, -0.2) is 27.9 Å². The van der Waals surface area contributed by atoms with Gasteiger partial charge in [-0.05, 0) is 67.1 Å². The van der Waals surface area contributed by atoms with E-state index in [9.17, 15) is 36.0 Å². The topological polar surface area (TPSA) is 135 Å². The van der Waals surface area contributed by atoms with Gasteiger partial charge in [0.25, 0.3) is 15.7 Å². The van der Waals surface area contributed by atoms with Crippen LogP contribution in [0.5, 0.6) is 0 Å². The normalized spacial score (nSPS) is 21.2. The van der Waals surface area contributed by atoms with Crippen LogP contribution < -0.4 is 15.5 Å². The van der Waals surface area contributed by atoms with Crippen molar-refractivity contribution >= 4 is 39.4 Å². The average Bonchev–Trinajstić information content (AvgIpc) is 3.44. The van der Waals surface area contributed by atoms with Gasteiger partial charge in [0.1, 0.15) is 11.4 Å². The first-order chi connectivity index (χ1) is 17.4. The van der Waals surface area contributed by atoms with Crippen molar-refractivity contribution in [2.24, 2.45) is 5.92 Å². The number of urea groups is 1. The van der Waals surface area contributed by atoms with Crippen molar-refractivity contribution in [3.05, 3.63) is 48.2 Å². The molecule has 2 aliphatic rings. The Morgan fingerprint density at radius 2 is 1.95 bits per heavy atom. The van der Waals surface area contributed by atoms with Crippen molar-refractivity contribution in [1.82, 2.24) is 10.3 Å². The lowest BCUT2D eigenvalue weighted by Crippen LogP contribution is -2.35. The maximum absolute atomic E-state index is 13.1. The molecule has 10 nitrogen and oxygen atoms in total. The minimum absolute atomic E-state index is 0.0527. The largest absolute Gasteiger partial charge is 0.501 e. The van der Waals surface area contributed by atoms with Crippen LogP contribution in [-0.2, 0) is 25.8 Å². The van der Waals surface area contributed by atoms with Crippen LogP contribution in [0.4, 0.5) is 34.3 Å². The number of carbonyl (C=O) groups excluding carboxylic acids is 3. The molecule has 0 bridgehead atoms. The molecule has 1 spiro atoms. The van der Waals surface area contributed by atoms with E-state index in [1.54, 1.807) is 12.1 Å². The van der Waals surface area contributed by atoms with Gasteiger partial charge >= 0.3 is 17.6 Å². The SMILES string of the molecule is CCCCOC(=O)Nc1cc(CC2CC23NC(=O)N(c2ccc(S(=O)(=O)C(F)(F)F)cc2)C3=O)ccn1. The first kappa shape index (κ1) is 26.4. The van der Waals surface area contributed by atoms with Crippen molar-refractivity contribution < 1.29 is 40.7 Å². The van der Waals surface area contributed by atoms with Crippen LogP contribution in [0, 0.1) is 5.92 Å². The van der Waals surface area contributed by atoms with Crippen LogP contribution >= 0.6 is 0 Å². The number of carbonyl (C=O) groups is 3. The molecule has 37 heavy (non-hydrogen) atoms. The Labute approximate surface area is 210 Å². The van der Waals surface area contributed by atoms with E-state index >= 15 is 0 Å². The number of alkyl halides is 3. The van der Waals surface area contributed by atoms with E-state index < -0.39 is 43.8 Å². The molecule has 1 aliphatic heterocycles. The highest BCUT2D eigenvalue weighted by Gasteiger charge is 2.67. The van der Waals surface area contributed by atoms with Crippen LogP contribution in [0.2, 0.25) is 0 Å². The zero-order chi connectivity index (χ0) is 27.0. The third-order valence-electron chi connectivity index (χ3n) is 6.20. The number of nitrogens with one attached hydrogen (secondary N) is 2. The zero-order valence-corrected chi connectivity index (χ0v) is 20.4. The number of amides is 4. The number of unbranched alkanes of at least 4 members (excludes halogenated alkanes) is 1. The molecule has 2 heterocycles. The summed E-state index contributed by atoms with van der Waals surface area (Å²) in [5.41, 5.74) is -5.95. The van der Waals surface area contributed by atoms with Crippen LogP contribution in [0.1, 0.15) is 31.7 Å². The van der Waals surface area contributed by atoms with Gasteiger partial charge in [0.2, 0.25) is 0 Å². The Balaban J connectivity index is 1.42. The summed E-state index contributed by atoms with van der Waals surface area (Å²) in [7, 11) is -5.56. The number of hydrogen-bond acceptors (Lipinski definition) is 7. The minimum Gasteiger partial charge on any atom is -0.449 e. The van der Waals surface area contributed by atoms with Crippen LogP contribution in [0.3, 0.4) is 0 Å². The second kappa shape index (κ2) is 9.65. The van der Waals surface area contributed by atoms with Gasteiger partial charge in [0, 0.05) is 6.20 Å². The van der Waals surface area contributed by atoms with Crippen molar-refractivity contribution in [2.45, 2.75) is 48.5 Å². The van der Waals surface area contributed by atoms with Crippen molar-refractivity contribution in [3.8, 4) is 0 Å². The number of anilines is 2. The van der Waals surface area contributed by atoms with E-state index in [0.29, 0.717) is 25.0 Å². The Hall–Kier alpha value is -3.68. The maximum Gasteiger partial charge on any atom is 0.501 e. The fraction of sp³-hybridized carbons (Fsp3) is 0.391. The molecule has 1 saturated heterocycles. The van der Waals surface area contributed by atoms with Gasteiger partial charge in [0.15, 0.2) is 0 Å². The smallest absolute Gasteiger partial charge is 0.449 e. The molecular formula is C23H23F3N4O6S. The lowest BCUT2D eigenvalue weighted by Gasteiger charge is -2.14. The van der Waals surface area contributed by atoms with Crippen molar-refractivity contribution in [2.75, 3.05) is 16.8 Å². The van der Waals surface area contributed by atoms with Crippen LogP contribution in [0.15, 0.2) is 47.5 Å². The molecule has 2 unspecified atom stereocenters. The summed E-state index contributed by atoms with van der Waals surface area (Å²) >= 11 is 0. The van der Waals surface area contributed by atoms with E-state index in [1.165, 1.54) is 6.20 Å². The molecule has 2 atom stereocenters. The Morgan fingerprint density at radius 3 is 2.59 bits per heavy atom. The molecule has 2 aromatic rings. The fourth-order valence-corrected chi connectivity index (χ4v) is 4.89. The minimum atomic E-state index is -5.56. The molecule has 4 rings (SSSR count). The van der Waals surface area contributed by atoms with Gasteiger partial charge in [-0.3, -0.25) is 10.1 Å². The number of sulfone groups is 1. The Kier molecular flexibility index (Phi) is 6.88. The van der Waals surface area contributed by atoms with Crippen molar-refractivity contribution in [1.29, 1.82) is 0 Å². The quantitative estimate of drug-likeness (QED) is 0.384. The summed E-state index contributed by atoms with van der Waals surface area (Å²) in [6, 6.07) is 5.94. The van der Waals surface area contributed by atoms with Gasteiger partial charge in [-0.1, -0.05) is 13.3 Å². The zero-order valence-electron chi connectivity index (χ0n) is 19.5. The molecule has 4 amide bonds. The monoisotopic (exact) mass is 540 g/mol. The predicted octanol–water partition coefficient (Wildman–Crippen LogP) is 3.78. The van der Waals surface area contributed by atoms with Gasteiger partial charge < -0.3 is 10.1 Å². The first-order valence-electron chi connectivity index (χ1n) is 11.4. The lowest BCUT2D eigenvalue weighted by molar-refractivity contribution is -0.119. The summed E-state index contributed by atoms with van der Waals surface area (Å²) in [5, 5.41) is 5.19. The maximum atomic E-state index is 13.1. The third kappa shape index (κ3) is 5.10. The summed E-state index contributed by atoms with van der Waals surface area (Å²) in [6.07, 6.45) is 3.18. The fourth-order valence-electron chi connectivity index (χ4n) is 4.13. The Morgan fingerprint density at radius 1 is 1.24 bits per heavy atom. The van der Waals surface area contributed by atoms with E-state index in [2.05, 4.69) is 15.6 Å². The lowest BCUT2D eigenvalue weighted by atomic mass is 10.1. The van der Waals surface area contributed by atoms with Gasteiger partial charge in [-0.15, -0.1) is 0 Å². The summed E-state index contributed by atoms with van der Waals surface area (Å²) in [6.45, 7) is 2.25. The van der Waals surface area contributed by atoms with Gasteiger partial charge in [0.05, 0.1) is 17.2 Å². The standard InChI is InChI=1S/C23H23F3N4O6S/c1-2-3-10-36-21(33)28-18-12-14(8-9-27-18)11-15-13-22(15)19(31)30(20(32)29-22)16-4-6-17(7-5-16)37(34,35)23(24,25)26/h4-9,12,15H,2-3,10-11,13H2,1H3,(H,29,32)(H,27,28,33). The number of nitrogens with zero attached hydrogens (tertiary/aromatic N) is 2. The molecule has 1 saturated carbocycles. The number of ether oxygens (including phenoxy) is 1.